The molecule has 0 aliphatic heterocycles. The third kappa shape index (κ3) is 3.87. The van der Waals surface area contributed by atoms with E-state index in [0.29, 0.717) is 13.0 Å². The van der Waals surface area contributed by atoms with Crippen LogP contribution in [0, 0.1) is 6.92 Å². The molecule has 0 radical (unpaired) electrons. The molecule has 1 aromatic carbocycles. The van der Waals surface area contributed by atoms with E-state index in [1.165, 1.54) is 4.52 Å². The number of anilines is 1. The maximum Gasteiger partial charge on any atom is 0.433 e. The Labute approximate surface area is 148 Å². The summed E-state index contributed by atoms with van der Waals surface area (Å²) < 4.78 is 46.3. The van der Waals surface area contributed by atoms with Crippen LogP contribution in [0.2, 0.25) is 0 Å². The number of ether oxygens (including phenoxy) is 1. The van der Waals surface area contributed by atoms with E-state index in [9.17, 15) is 13.2 Å². The Morgan fingerprint density at radius 3 is 2.73 bits per heavy atom. The zero-order chi connectivity index (χ0) is 18.7. The van der Waals surface area contributed by atoms with Crippen molar-refractivity contribution in [3.63, 3.8) is 0 Å². The summed E-state index contributed by atoms with van der Waals surface area (Å²) in [6.45, 7) is 4.19. The molecule has 1 N–H and O–H groups in total. The molecule has 2 aromatic heterocycles. The Bertz CT molecular complexity index is 893. The van der Waals surface area contributed by atoms with Crippen LogP contribution in [0.4, 0.5) is 19.0 Å². The molecule has 26 heavy (non-hydrogen) atoms. The second-order valence-corrected chi connectivity index (χ2v) is 5.79. The number of fused-ring (bicyclic) bond motifs is 1. The van der Waals surface area contributed by atoms with Crippen LogP contribution in [0.5, 0.6) is 5.75 Å². The SMILES string of the molecule is CCC(CNc1cc(C(F)(F)F)nc2ncnn12)Oc1ccccc1C. The van der Waals surface area contributed by atoms with E-state index in [1.54, 1.807) is 0 Å². The van der Waals surface area contributed by atoms with Gasteiger partial charge >= 0.3 is 6.18 Å². The maximum absolute atomic E-state index is 13.0. The molecule has 138 valence electrons. The Kier molecular flexibility index (Phi) is 4.97. The molecule has 0 saturated carbocycles. The number of nitrogens with one attached hydrogen (secondary N) is 1. The minimum Gasteiger partial charge on any atom is -0.488 e. The average molecular weight is 365 g/mol. The first-order chi connectivity index (χ1) is 12.4. The summed E-state index contributed by atoms with van der Waals surface area (Å²) in [5.41, 5.74) is -0.0266. The first kappa shape index (κ1) is 18.0. The van der Waals surface area contributed by atoms with E-state index in [4.69, 9.17) is 4.74 Å². The van der Waals surface area contributed by atoms with Gasteiger partial charge in [0.1, 0.15) is 24.0 Å². The molecule has 0 bridgehead atoms. The summed E-state index contributed by atoms with van der Waals surface area (Å²) in [5.74, 6) is 0.791. The van der Waals surface area contributed by atoms with Crippen LogP contribution in [-0.4, -0.2) is 32.2 Å². The molecule has 0 aliphatic carbocycles. The van der Waals surface area contributed by atoms with E-state index in [1.807, 2.05) is 38.1 Å². The van der Waals surface area contributed by atoms with Crippen molar-refractivity contribution in [2.75, 3.05) is 11.9 Å². The fraction of sp³-hybridized carbons (Fsp3) is 0.353. The Morgan fingerprint density at radius 2 is 2.04 bits per heavy atom. The van der Waals surface area contributed by atoms with Crippen molar-refractivity contribution in [3.8, 4) is 5.75 Å². The monoisotopic (exact) mass is 365 g/mol. The highest BCUT2D eigenvalue weighted by molar-refractivity contribution is 5.45. The fourth-order valence-corrected chi connectivity index (χ4v) is 2.44. The first-order valence-corrected chi connectivity index (χ1v) is 8.12. The minimum atomic E-state index is -4.56. The molecular weight excluding hydrogens is 347 g/mol. The Balaban J connectivity index is 1.79. The van der Waals surface area contributed by atoms with Gasteiger partial charge in [0.15, 0.2) is 5.69 Å². The second kappa shape index (κ2) is 7.19. The van der Waals surface area contributed by atoms with Crippen LogP contribution in [0.25, 0.3) is 5.78 Å². The Morgan fingerprint density at radius 1 is 1.27 bits per heavy atom. The molecule has 6 nitrogen and oxygen atoms in total. The number of halogens is 3. The highest BCUT2D eigenvalue weighted by atomic mass is 19.4. The Hall–Kier alpha value is -2.84. The summed E-state index contributed by atoms with van der Waals surface area (Å²) in [6.07, 6.45) is -2.95. The molecule has 0 aliphatic rings. The van der Waals surface area contributed by atoms with E-state index < -0.39 is 11.9 Å². The lowest BCUT2D eigenvalue weighted by Gasteiger charge is -2.20. The van der Waals surface area contributed by atoms with Gasteiger partial charge in [0, 0.05) is 6.07 Å². The predicted octanol–water partition coefficient (Wildman–Crippen LogP) is 3.72. The number of hydrogen-bond acceptors (Lipinski definition) is 5. The van der Waals surface area contributed by atoms with E-state index >= 15 is 0 Å². The molecule has 1 unspecified atom stereocenters. The lowest BCUT2D eigenvalue weighted by Crippen LogP contribution is -2.27. The van der Waals surface area contributed by atoms with Crippen LogP contribution >= 0.6 is 0 Å². The molecule has 0 saturated heterocycles. The van der Waals surface area contributed by atoms with Gasteiger partial charge in [-0.1, -0.05) is 25.1 Å². The number of benzene rings is 1. The van der Waals surface area contributed by atoms with Crippen molar-refractivity contribution >= 4 is 11.6 Å². The summed E-state index contributed by atoms with van der Waals surface area (Å²) >= 11 is 0. The van der Waals surface area contributed by atoms with Gasteiger partial charge in [-0.15, -0.1) is 0 Å². The molecule has 1 atom stereocenters. The van der Waals surface area contributed by atoms with Crippen molar-refractivity contribution in [2.24, 2.45) is 0 Å². The molecule has 2 heterocycles. The zero-order valence-electron chi connectivity index (χ0n) is 14.3. The van der Waals surface area contributed by atoms with Crippen LogP contribution in [0.15, 0.2) is 36.7 Å². The van der Waals surface area contributed by atoms with Crippen LogP contribution in [0.3, 0.4) is 0 Å². The third-order valence-electron chi connectivity index (χ3n) is 3.90. The molecule has 3 aromatic rings. The fourth-order valence-electron chi connectivity index (χ4n) is 2.44. The van der Waals surface area contributed by atoms with Gasteiger partial charge in [-0.2, -0.15) is 27.8 Å². The lowest BCUT2D eigenvalue weighted by molar-refractivity contribution is -0.141. The smallest absolute Gasteiger partial charge is 0.433 e. The number of rotatable bonds is 6. The first-order valence-electron chi connectivity index (χ1n) is 8.12. The maximum atomic E-state index is 13.0. The van der Waals surface area contributed by atoms with Gasteiger partial charge in [0.2, 0.25) is 0 Å². The molecule has 0 fully saturated rings. The van der Waals surface area contributed by atoms with Gasteiger partial charge in [-0.05, 0) is 25.0 Å². The molecule has 3 rings (SSSR count). The van der Waals surface area contributed by atoms with Gasteiger partial charge in [-0.3, -0.25) is 0 Å². The number of aryl methyl sites for hydroxylation is 1. The summed E-state index contributed by atoms with van der Waals surface area (Å²) in [5, 5.41) is 6.89. The number of para-hydroxylation sites is 1. The van der Waals surface area contributed by atoms with Crippen molar-refractivity contribution in [1.29, 1.82) is 0 Å². The summed E-state index contributed by atoms with van der Waals surface area (Å²) in [4.78, 5) is 7.24. The van der Waals surface area contributed by atoms with Crippen LogP contribution < -0.4 is 10.1 Å². The van der Waals surface area contributed by atoms with Crippen molar-refractivity contribution in [2.45, 2.75) is 32.5 Å². The van der Waals surface area contributed by atoms with Crippen molar-refractivity contribution in [1.82, 2.24) is 19.6 Å². The highest BCUT2D eigenvalue weighted by Gasteiger charge is 2.34. The quantitative estimate of drug-likeness (QED) is 0.721. The number of hydrogen-bond donors (Lipinski definition) is 1. The number of nitrogens with zero attached hydrogens (tertiary/aromatic N) is 4. The largest absolute Gasteiger partial charge is 0.488 e. The number of alkyl halides is 3. The normalized spacial score (nSPS) is 13.0. The van der Waals surface area contributed by atoms with Gasteiger partial charge in [0.05, 0.1) is 6.54 Å². The van der Waals surface area contributed by atoms with E-state index in [2.05, 4.69) is 20.4 Å². The van der Waals surface area contributed by atoms with Gasteiger partial charge < -0.3 is 10.1 Å². The van der Waals surface area contributed by atoms with Crippen molar-refractivity contribution < 1.29 is 17.9 Å². The molecular formula is C17H18F3N5O. The summed E-state index contributed by atoms with van der Waals surface area (Å²) in [7, 11) is 0. The zero-order valence-corrected chi connectivity index (χ0v) is 14.3. The van der Waals surface area contributed by atoms with Crippen molar-refractivity contribution in [3.05, 3.63) is 47.9 Å². The average Bonchev–Trinajstić information content (AvgIpc) is 3.08. The summed E-state index contributed by atoms with van der Waals surface area (Å²) in [6, 6.07) is 8.51. The third-order valence-corrected chi connectivity index (χ3v) is 3.90. The topological polar surface area (TPSA) is 64.3 Å². The number of aromatic nitrogens is 4. The lowest BCUT2D eigenvalue weighted by atomic mass is 10.2. The molecule has 9 heteroatoms. The van der Waals surface area contributed by atoms with E-state index in [0.717, 1.165) is 23.7 Å². The van der Waals surface area contributed by atoms with Gasteiger partial charge in [-0.25, -0.2) is 4.98 Å². The highest BCUT2D eigenvalue weighted by Crippen LogP contribution is 2.29. The molecule has 0 spiro atoms. The minimum absolute atomic E-state index is 0.116. The standard InChI is InChI=1S/C17H18F3N5O/c1-3-12(26-13-7-5-4-6-11(13)2)9-21-15-8-14(17(18,19)20)24-16-22-10-23-25(15)16/h4-8,10,12,21H,3,9H2,1-2H3. The molecule has 0 amide bonds. The van der Waals surface area contributed by atoms with E-state index in [-0.39, 0.29) is 17.7 Å². The van der Waals surface area contributed by atoms with Gasteiger partial charge in [0.25, 0.3) is 5.78 Å². The van der Waals surface area contributed by atoms with Crippen LogP contribution in [0.1, 0.15) is 24.6 Å². The predicted molar refractivity (Wildman–Crippen MR) is 90.2 cm³/mol. The van der Waals surface area contributed by atoms with Crippen LogP contribution in [-0.2, 0) is 6.18 Å². The second-order valence-electron chi connectivity index (χ2n) is 5.79.